The van der Waals surface area contributed by atoms with Gasteiger partial charge in [0.25, 0.3) is 5.91 Å². The van der Waals surface area contributed by atoms with E-state index in [9.17, 15) is 9.18 Å². The second-order valence-electron chi connectivity index (χ2n) is 4.31. The summed E-state index contributed by atoms with van der Waals surface area (Å²) in [5, 5.41) is 11.2. The lowest BCUT2D eigenvalue weighted by atomic mass is 10.2. The number of carbonyl (C=O) groups is 1. The Labute approximate surface area is 121 Å². The molecule has 0 aliphatic rings. The zero-order chi connectivity index (χ0) is 15.2. The van der Waals surface area contributed by atoms with Crippen LogP contribution >= 0.6 is 0 Å². The fraction of sp³-hybridized carbons (Fsp3) is 0.200. The van der Waals surface area contributed by atoms with Gasteiger partial charge in [-0.1, -0.05) is 11.8 Å². The predicted octanol–water partition coefficient (Wildman–Crippen LogP) is 1.55. The van der Waals surface area contributed by atoms with E-state index in [0.29, 0.717) is 17.8 Å². The van der Waals surface area contributed by atoms with Crippen molar-refractivity contribution in [1.29, 1.82) is 0 Å². The number of nitrogens with zero attached hydrogens (tertiary/aromatic N) is 2. The molecule has 0 unspecified atom stereocenters. The van der Waals surface area contributed by atoms with E-state index in [0.717, 1.165) is 0 Å². The number of aryl methyl sites for hydroxylation is 1. The zero-order valence-electron chi connectivity index (χ0n) is 11.4. The second-order valence-corrected chi connectivity index (χ2v) is 4.31. The fourth-order valence-electron chi connectivity index (χ4n) is 1.68. The summed E-state index contributed by atoms with van der Waals surface area (Å²) in [7, 11) is 1.70. The molecular formula is C15H14FN3O2. The number of benzene rings is 1. The Balaban J connectivity index is 2.12. The minimum atomic E-state index is -0.525. The van der Waals surface area contributed by atoms with Gasteiger partial charge >= 0.3 is 0 Å². The van der Waals surface area contributed by atoms with Gasteiger partial charge < -0.3 is 15.0 Å². The number of aromatic nitrogens is 2. The smallest absolute Gasteiger partial charge is 0.273 e. The first-order chi connectivity index (χ1) is 10.1. The second kappa shape index (κ2) is 6.68. The third kappa shape index (κ3) is 3.68. The highest BCUT2D eigenvalue weighted by molar-refractivity contribution is 6.02. The Hall–Kier alpha value is -2.65. The molecule has 1 amide bonds. The van der Waals surface area contributed by atoms with E-state index < -0.39 is 5.82 Å². The molecular weight excluding hydrogens is 273 g/mol. The van der Waals surface area contributed by atoms with Gasteiger partial charge in [-0.15, -0.1) is 0 Å². The van der Waals surface area contributed by atoms with Crippen molar-refractivity contribution in [3.63, 3.8) is 0 Å². The van der Waals surface area contributed by atoms with Gasteiger partial charge in [0.05, 0.1) is 24.7 Å². The number of nitrogens with one attached hydrogen (secondary N) is 1. The van der Waals surface area contributed by atoms with Crippen LogP contribution in [0.5, 0.6) is 0 Å². The Kier molecular flexibility index (Phi) is 4.69. The molecule has 0 radical (unpaired) electrons. The predicted molar refractivity (Wildman–Crippen MR) is 76.1 cm³/mol. The standard InChI is InChI=1S/C15H14FN3O2/c1-19-10-17-9-14(19)15(21)18-12-6-5-11(13(16)8-12)4-2-3-7-20/h5-6,8-10,20H,3,7H2,1H3,(H,18,21). The number of imidazole rings is 1. The van der Waals surface area contributed by atoms with Crippen molar-refractivity contribution in [3.8, 4) is 11.8 Å². The molecule has 1 aromatic heterocycles. The molecule has 0 bridgehead atoms. The lowest BCUT2D eigenvalue weighted by Crippen LogP contribution is -2.15. The van der Waals surface area contributed by atoms with Crippen LogP contribution in [0, 0.1) is 17.7 Å². The first kappa shape index (κ1) is 14.8. The third-order valence-electron chi connectivity index (χ3n) is 2.74. The van der Waals surface area contributed by atoms with E-state index in [1.54, 1.807) is 17.7 Å². The van der Waals surface area contributed by atoms with Gasteiger partial charge in [0, 0.05) is 19.2 Å². The van der Waals surface area contributed by atoms with Gasteiger partial charge in [0.1, 0.15) is 11.5 Å². The van der Waals surface area contributed by atoms with Gasteiger partial charge in [0.2, 0.25) is 0 Å². The summed E-state index contributed by atoms with van der Waals surface area (Å²) in [6, 6.07) is 4.26. The Morgan fingerprint density at radius 3 is 2.95 bits per heavy atom. The molecule has 0 saturated carbocycles. The number of amides is 1. The van der Waals surface area contributed by atoms with Gasteiger partial charge in [-0.3, -0.25) is 4.79 Å². The quantitative estimate of drug-likeness (QED) is 0.842. The molecule has 1 aromatic carbocycles. The monoisotopic (exact) mass is 287 g/mol. The summed E-state index contributed by atoms with van der Waals surface area (Å²) >= 11 is 0. The van der Waals surface area contributed by atoms with Crippen LogP contribution in [0.25, 0.3) is 0 Å². The van der Waals surface area contributed by atoms with E-state index in [4.69, 9.17) is 5.11 Å². The van der Waals surface area contributed by atoms with Crippen LogP contribution in [0.2, 0.25) is 0 Å². The normalized spacial score (nSPS) is 9.86. The molecule has 2 rings (SSSR count). The van der Waals surface area contributed by atoms with E-state index in [-0.39, 0.29) is 18.1 Å². The molecule has 0 aliphatic heterocycles. The maximum absolute atomic E-state index is 13.8. The van der Waals surface area contributed by atoms with E-state index in [1.165, 1.54) is 24.7 Å². The third-order valence-corrected chi connectivity index (χ3v) is 2.74. The van der Waals surface area contributed by atoms with Crippen LogP contribution in [0.1, 0.15) is 22.5 Å². The highest BCUT2D eigenvalue weighted by Gasteiger charge is 2.10. The molecule has 2 N–H and O–H groups in total. The first-order valence-electron chi connectivity index (χ1n) is 6.29. The minimum absolute atomic E-state index is 0.0620. The number of hydrogen-bond acceptors (Lipinski definition) is 3. The van der Waals surface area contributed by atoms with Gasteiger partial charge in [-0.2, -0.15) is 0 Å². The zero-order valence-corrected chi connectivity index (χ0v) is 11.4. The molecule has 0 spiro atoms. The van der Waals surface area contributed by atoms with Crippen molar-refractivity contribution >= 4 is 11.6 Å². The molecule has 1 heterocycles. The van der Waals surface area contributed by atoms with Crippen LogP contribution < -0.4 is 5.32 Å². The lowest BCUT2D eigenvalue weighted by Gasteiger charge is -2.06. The minimum Gasteiger partial charge on any atom is -0.395 e. The summed E-state index contributed by atoms with van der Waals surface area (Å²) in [6.07, 6.45) is 3.23. The summed E-state index contributed by atoms with van der Waals surface area (Å²) in [5.41, 5.74) is 0.940. The van der Waals surface area contributed by atoms with Gasteiger partial charge in [-0.05, 0) is 18.2 Å². The van der Waals surface area contributed by atoms with Crippen molar-refractivity contribution in [2.45, 2.75) is 6.42 Å². The van der Waals surface area contributed by atoms with Gasteiger partial charge in [-0.25, -0.2) is 9.37 Å². The highest BCUT2D eigenvalue weighted by atomic mass is 19.1. The van der Waals surface area contributed by atoms with Crippen LogP contribution in [0.15, 0.2) is 30.7 Å². The Bertz CT molecular complexity index is 713. The van der Waals surface area contributed by atoms with Crippen LogP contribution in [-0.4, -0.2) is 27.2 Å². The lowest BCUT2D eigenvalue weighted by molar-refractivity contribution is 0.101. The van der Waals surface area contributed by atoms with Crippen LogP contribution in [0.3, 0.4) is 0 Å². The van der Waals surface area contributed by atoms with E-state index in [1.807, 2.05) is 0 Å². The number of anilines is 1. The maximum Gasteiger partial charge on any atom is 0.273 e. The average molecular weight is 287 g/mol. The number of halogens is 1. The maximum atomic E-state index is 13.8. The van der Waals surface area contributed by atoms with E-state index >= 15 is 0 Å². The van der Waals surface area contributed by atoms with Crippen molar-refractivity contribution in [1.82, 2.24) is 9.55 Å². The molecule has 21 heavy (non-hydrogen) atoms. The number of hydrogen-bond donors (Lipinski definition) is 2. The van der Waals surface area contributed by atoms with Crippen molar-refractivity contribution in [3.05, 3.63) is 47.8 Å². The largest absolute Gasteiger partial charge is 0.395 e. The highest BCUT2D eigenvalue weighted by Crippen LogP contribution is 2.15. The van der Waals surface area contributed by atoms with Crippen LogP contribution in [-0.2, 0) is 7.05 Å². The molecule has 0 fully saturated rings. The van der Waals surface area contributed by atoms with Crippen molar-refractivity contribution in [2.75, 3.05) is 11.9 Å². The topological polar surface area (TPSA) is 67.2 Å². The summed E-state index contributed by atoms with van der Waals surface area (Å²) < 4.78 is 15.4. The van der Waals surface area contributed by atoms with Crippen LogP contribution in [0.4, 0.5) is 10.1 Å². The fourth-order valence-corrected chi connectivity index (χ4v) is 1.68. The van der Waals surface area contributed by atoms with Gasteiger partial charge in [0.15, 0.2) is 0 Å². The molecule has 5 nitrogen and oxygen atoms in total. The number of carbonyl (C=O) groups excluding carboxylic acids is 1. The Morgan fingerprint density at radius 2 is 2.33 bits per heavy atom. The van der Waals surface area contributed by atoms with Crippen molar-refractivity contribution in [2.24, 2.45) is 7.05 Å². The SMILES string of the molecule is Cn1cncc1C(=O)Nc1ccc(C#CCCO)c(F)c1. The number of aliphatic hydroxyl groups is 1. The molecule has 108 valence electrons. The van der Waals surface area contributed by atoms with E-state index in [2.05, 4.69) is 22.1 Å². The number of aliphatic hydroxyl groups excluding tert-OH is 1. The number of rotatable bonds is 3. The summed E-state index contributed by atoms with van der Waals surface area (Å²) in [4.78, 5) is 15.8. The molecule has 0 saturated heterocycles. The molecule has 6 heteroatoms. The Morgan fingerprint density at radius 1 is 1.52 bits per heavy atom. The summed E-state index contributed by atoms with van der Waals surface area (Å²) in [6.45, 7) is -0.0620. The molecule has 0 atom stereocenters. The molecule has 0 aliphatic carbocycles. The van der Waals surface area contributed by atoms with Crippen molar-refractivity contribution < 1.29 is 14.3 Å². The average Bonchev–Trinajstić information content (AvgIpc) is 2.88. The molecule has 2 aromatic rings. The summed E-state index contributed by atoms with van der Waals surface area (Å²) in [5.74, 6) is 4.37. The first-order valence-corrected chi connectivity index (χ1v) is 6.29.